The molecular weight excluding hydrogens is 214 g/mol. The van der Waals surface area contributed by atoms with Gasteiger partial charge in [0.15, 0.2) is 0 Å². The fraction of sp³-hybridized carbons (Fsp3) is 0.462. The van der Waals surface area contributed by atoms with Crippen molar-refractivity contribution in [2.45, 2.75) is 26.8 Å². The highest BCUT2D eigenvalue weighted by Gasteiger charge is 2.12. The number of primary amides is 1. The number of carbonyl (C=O) groups is 1. The molecule has 0 aliphatic carbocycles. The predicted molar refractivity (Wildman–Crippen MR) is 71.0 cm³/mol. The first-order valence-corrected chi connectivity index (χ1v) is 5.82. The van der Waals surface area contributed by atoms with E-state index >= 15 is 0 Å². The summed E-state index contributed by atoms with van der Waals surface area (Å²) < 4.78 is 0. The number of hydrogen-bond acceptors (Lipinski definition) is 3. The third-order valence-corrected chi connectivity index (χ3v) is 2.90. The molecule has 0 radical (unpaired) electrons. The molecule has 0 aliphatic rings. The molecule has 0 heterocycles. The van der Waals surface area contributed by atoms with E-state index in [9.17, 15) is 4.79 Å². The van der Waals surface area contributed by atoms with Gasteiger partial charge in [-0.15, -0.1) is 0 Å². The zero-order valence-corrected chi connectivity index (χ0v) is 10.7. The first kappa shape index (κ1) is 13.5. The molecule has 4 nitrogen and oxygen atoms in total. The molecule has 4 heteroatoms. The van der Waals surface area contributed by atoms with Crippen molar-refractivity contribution in [2.75, 3.05) is 11.9 Å². The van der Waals surface area contributed by atoms with E-state index in [1.807, 2.05) is 19.1 Å². The molecule has 17 heavy (non-hydrogen) atoms. The van der Waals surface area contributed by atoms with E-state index in [1.165, 1.54) is 0 Å². The van der Waals surface area contributed by atoms with Crippen LogP contribution >= 0.6 is 0 Å². The largest absolute Gasteiger partial charge is 0.381 e. The highest BCUT2D eigenvalue weighted by atomic mass is 16.1. The van der Waals surface area contributed by atoms with Crippen molar-refractivity contribution in [3.05, 3.63) is 29.3 Å². The standard InChI is InChI=1S/C13H21N3O/c1-8(2)12(7-14)16-10-4-5-11(13(15)17)9(3)6-10/h4-6,8,12,16H,7,14H2,1-3H3,(H2,15,17). The van der Waals surface area contributed by atoms with Crippen LogP contribution < -0.4 is 16.8 Å². The smallest absolute Gasteiger partial charge is 0.248 e. The van der Waals surface area contributed by atoms with Crippen LogP contribution in [-0.2, 0) is 0 Å². The van der Waals surface area contributed by atoms with Gasteiger partial charge in [-0.25, -0.2) is 0 Å². The number of carbonyl (C=O) groups excluding carboxylic acids is 1. The molecule has 0 bridgehead atoms. The van der Waals surface area contributed by atoms with Crippen molar-refractivity contribution in [1.29, 1.82) is 0 Å². The fourth-order valence-corrected chi connectivity index (χ4v) is 1.74. The predicted octanol–water partition coefficient (Wildman–Crippen LogP) is 1.49. The second-order valence-corrected chi connectivity index (χ2v) is 4.62. The molecule has 1 amide bonds. The van der Waals surface area contributed by atoms with Crippen LogP contribution in [0.2, 0.25) is 0 Å². The van der Waals surface area contributed by atoms with Gasteiger partial charge in [0.25, 0.3) is 0 Å². The molecule has 1 aromatic carbocycles. The number of amides is 1. The summed E-state index contributed by atoms with van der Waals surface area (Å²) in [7, 11) is 0. The van der Waals surface area contributed by atoms with Crippen LogP contribution in [-0.4, -0.2) is 18.5 Å². The Morgan fingerprint density at radius 2 is 2.06 bits per heavy atom. The van der Waals surface area contributed by atoms with Crippen LogP contribution in [0, 0.1) is 12.8 Å². The number of nitrogens with two attached hydrogens (primary N) is 2. The number of anilines is 1. The molecule has 0 saturated heterocycles. The molecule has 1 atom stereocenters. The topological polar surface area (TPSA) is 81.1 Å². The Bertz CT molecular complexity index is 402. The number of nitrogens with one attached hydrogen (secondary N) is 1. The number of rotatable bonds is 5. The molecule has 0 aromatic heterocycles. The van der Waals surface area contributed by atoms with E-state index in [-0.39, 0.29) is 6.04 Å². The molecule has 1 rings (SSSR count). The van der Waals surface area contributed by atoms with Crippen molar-refractivity contribution in [3.63, 3.8) is 0 Å². The zero-order valence-electron chi connectivity index (χ0n) is 10.7. The lowest BCUT2D eigenvalue weighted by atomic mass is 10.0. The second-order valence-electron chi connectivity index (χ2n) is 4.62. The summed E-state index contributed by atoms with van der Waals surface area (Å²) in [5.74, 6) is 0.0596. The minimum absolute atomic E-state index is 0.230. The van der Waals surface area contributed by atoms with E-state index in [0.717, 1.165) is 11.3 Å². The van der Waals surface area contributed by atoms with E-state index in [0.29, 0.717) is 18.0 Å². The van der Waals surface area contributed by atoms with Crippen molar-refractivity contribution in [2.24, 2.45) is 17.4 Å². The lowest BCUT2D eigenvalue weighted by Gasteiger charge is -2.22. The van der Waals surface area contributed by atoms with Gasteiger partial charge in [0.05, 0.1) is 0 Å². The van der Waals surface area contributed by atoms with Crippen LogP contribution in [0.3, 0.4) is 0 Å². The fourth-order valence-electron chi connectivity index (χ4n) is 1.74. The first-order chi connectivity index (χ1) is 7.95. The van der Waals surface area contributed by atoms with Crippen molar-refractivity contribution < 1.29 is 4.79 Å². The van der Waals surface area contributed by atoms with Crippen molar-refractivity contribution >= 4 is 11.6 Å². The van der Waals surface area contributed by atoms with Crippen molar-refractivity contribution in [3.8, 4) is 0 Å². The molecule has 94 valence electrons. The van der Waals surface area contributed by atoms with Gasteiger partial charge in [-0.05, 0) is 36.6 Å². The quantitative estimate of drug-likeness (QED) is 0.723. The first-order valence-electron chi connectivity index (χ1n) is 5.82. The molecular formula is C13H21N3O. The molecule has 1 unspecified atom stereocenters. The second kappa shape index (κ2) is 5.68. The Balaban J connectivity index is 2.87. The Kier molecular flexibility index (Phi) is 4.52. The Labute approximate surface area is 102 Å². The lowest BCUT2D eigenvalue weighted by molar-refractivity contribution is 0.1000. The van der Waals surface area contributed by atoms with Gasteiger partial charge in [-0.3, -0.25) is 4.79 Å². The van der Waals surface area contributed by atoms with Gasteiger partial charge < -0.3 is 16.8 Å². The molecule has 0 spiro atoms. The zero-order chi connectivity index (χ0) is 13.0. The SMILES string of the molecule is Cc1cc(NC(CN)C(C)C)ccc1C(N)=O. The number of aryl methyl sites for hydroxylation is 1. The summed E-state index contributed by atoms with van der Waals surface area (Å²) in [6.07, 6.45) is 0. The average molecular weight is 235 g/mol. The van der Waals surface area contributed by atoms with Gasteiger partial charge in [0.1, 0.15) is 0 Å². The summed E-state index contributed by atoms with van der Waals surface area (Å²) in [5.41, 5.74) is 13.4. The minimum Gasteiger partial charge on any atom is -0.381 e. The van der Waals surface area contributed by atoms with Crippen molar-refractivity contribution in [1.82, 2.24) is 0 Å². The maximum Gasteiger partial charge on any atom is 0.248 e. The van der Waals surface area contributed by atoms with E-state index in [4.69, 9.17) is 11.5 Å². The highest BCUT2D eigenvalue weighted by molar-refractivity contribution is 5.94. The highest BCUT2D eigenvalue weighted by Crippen LogP contribution is 2.17. The monoisotopic (exact) mass is 235 g/mol. The summed E-state index contributed by atoms with van der Waals surface area (Å²) in [6.45, 7) is 6.69. The van der Waals surface area contributed by atoms with E-state index < -0.39 is 5.91 Å². The molecule has 0 fully saturated rings. The average Bonchev–Trinajstić information content (AvgIpc) is 2.24. The third kappa shape index (κ3) is 3.46. The molecule has 0 saturated carbocycles. The van der Waals surface area contributed by atoms with Gasteiger partial charge in [0, 0.05) is 23.8 Å². The minimum atomic E-state index is -0.395. The number of benzene rings is 1. The Morgan fingerprint density at radius 1 is 1.41 bits per heavy atom. The van der Waals surface area contributed by atoms with E-state index in [1.54, 1.807) is 6.07 Å². The maximum atomic E-state index is 11.1. The normalized spacial score (nSPS) is 12.5. The maximum absolute atomic E-state index is 11.1. The van der Waals surface area contributed by atoms with Crippen LogP contribution in [0.15, 0.2) is 18.2 Å². The summed E-state index contributed by atoms with van der Waals surface area (Å²) in [4.78, 5) is 11.1. The molecule has 5 N–H and O–H groups in total. The van der Waals surface area contributed by atoms with Crippen LogP contribution in [0.5, 0.6) is 0 Å². The Hall–Kier alpha value is -1.55. The summed E-state index contributed by atoms with van der Waals surface area (Å²) in [5, 5.41) is 3.36. The van der Waals surface area contributed by atoms with Crippen LogP contribution in [0.4, 0.5) is 5.69 Å². The third-order valence-electron chi connectivity index (χ3n) is 2.90. The Morgan fingerprint density at radius 3 is 2.47 bits per heavy atom. The summed E-state index contributed by atoms with van der Waals surface area (Å²) >= 11 is 0. The van der Waals surface area contributed by atoms with Crippen LogP contribution in [0.25, 0.3) is 0 Å². The van der Waals surface area contributed by atoms with Gasteiger partial charge in [-0.2, -0.15) is 0 Å². The van der Waals surface area contributed by atoms with Crippen LogP contribution in [0.1, 0.15) is 29.8 Å². The molecule has 1 aromatic rings. The number of hydrogen-bond donors (Lipinski definition) is 3. The van der Waals surface area contributed by atoms with E-state index in [2.05, 4.69) is 19.2 Å². The van der Waals surface area contributed by atoms with Gasteiger partial charge in [0.2, 0.25) is 5.91 Å². The lowest BCUT2D eigenvalue weighted by Crippen LogP contribution is -2.33. The van der Waals surface area contributed by atoms with Gasteiger partial charge >= 0.3 is 0 Å². The van der Waals surface area contributed by atoms with Gasteiger partial charge in [-0.1, -0.05) is 13.8 Å². The summed E-state index contributed by atoms with van der Waals surface area (Å²) in [6, 6.07) is 5.76. The molecule has 0 aliphatic heterocycles.